The van der Waals surface area contributed by atoms with Crippen LogP contribution < -0.4 is 0 Å². The van der Waals surface area contributed by atoms with Crippen molar-refractivity contribution in [2.75, 3.05) is 0 Å². The highest BCUT2D eigenvalue weighted by Crippen LogP contribution is 2.58. The molecule has 3 unspecified atom stereocenters. The first-order valence-corrected chi connectivity index (χ1v) is 20.1. The molecule has 0 fully saturated rings. The van der Waals surface area contributed by atoms with E-state index in [2.05, 4.69) is 190 Å². The molecule has 1 aromatic heterocycles. The van der Waals surface area contributed by atoms with Crippen molar-refractivity contribution in [2.24, 2.45) is 11.8 Å². The zero-order valence-electron chi connectivity index (χ0n) is 31.6. The number of hydrogen-bond acceptors (Lipinski definition) is 1. The SMILES string of the molecule is CC1(C)C2=CC=C(c3c4ccccc4c(C4=CC=C(c5ccccc5)C5C=CC=CC45)c4ccccc34)CC2c2ccc3cc4oc5ccccc5c4cc3c21. The largest absolute Gasteiger partial charge is 0.456 e. The van der Waals surface area contributed by atoms with E-state index in [4.69, 9.17) is 4.42 Å². The number of hydrogen-bond donors (Lipinski definition) is 0. The summed E-state index contributed by atoms with van der Waals surface area (Å²) < 4.78 is 6.32. The van der Waals surface area contributed by atoms with Gasteiger partial charge in [-0.05, 0) is 101 Å². The molecule has 56 heavy (non-hydrogen) atoms. The van der Waals surface area contributed by atoms with E-state index in [-0.39, 0.29) is 17.3 Å². The van der Waals surface area contributed by atoms with E-state index in [1.54, 1.807) is 0 Å². The lowest BCUT2D eigenvalue weighted by Gasteiger charge is -2.34. The van der Waals surface area contributed by atoms with Crippen molar-refractivity contribution < 1.29 is 4.42 Å². The van der Waals surface area contributed by atoms with Crippen LogP contribution >= 0.6 is 0 Å². The molecule has 1 heterocycles. The van der Waals surface area contributed by atoms with Gasteiger partial charge in [0.25, 0.3) is 0 Å². The van der Waals surface area contributed by atoms with E-state index < -0.39 is 0 Å². The van der Waals surface area contributed by atoms with Gasteiger partial charge >= 0.3 is 0 Å². The van der Waals surface area contributed by atoms with Crippen LogP contribution in [-0.2, 0) is 5.41 Å². The summed E-state index contributed by atoms with van der Waals surface area (Å²) in [4.78, 5) is 0. The fourth-order valence-electron chi connectivity index (χ4n) is 11.1. The van der Waals surface area contributed by atoms with Crippen LogP contribution in [0.5, 0.6) is 0 Å². The Bertz CT molecular complexity index is 3130. The van der Waals surface area contributed by atoms with Gasteiger partial charge in [-0.1, -0.05) is 177 Å². The van der Waals surface area contributed by atoms with Gasteiger partial charge in [-0.3, -0.25) is 0 Å². The van der Waals surface area contributed by atoms with Crippen LogP contribution in [0.15, 0.2) is 186 Å². The van der Waals surface area contributed by atoms with Crippen LogP contribution in [0.3, 0.4) is 0 Å². The van der Waals surface area contributed by atoms with Gasteiger partial charge < -0.3 is 4.42 Å². The predicted octanol–water partition coefficient (Wildman–Crippen LogP) is 14.7. The quantitative estimate of drug-likeness (QED) is 0.166. The van der Waals surface area contributed by atoms with Gasteiger partial charge in [-0.25, -0.2) is 0 Å². The molecule has 0 bridgehead atoms. The molecule has 4 aliphatic rings. The number of benzene rings is 7. The molecule has 0 spiro atoms. The molecule has 0 N–H and O–H groups in total. The van der Waals surface area contributed by atoms with Crippen molar-refractivity contribution in [1.29, 1.82) is 0 Å². The van der Waals surface area contributed by atoms with Gasteiger partial charge in [0.2, 0.25) is 0 Å². The van der Waals surface area contributed by atoms with E-state index >= 15 is 0 Å². The summed E-state index contributed by atoms with van der Waals surface area (Å²) in [6, 6.07) is 47.1. The fourth-order valence-corrected chi connectivity index (χ4v) is 11.1. The summed E-state index contributed by atoms with van der Waals surface area (Å²) in [6.07, 6.45) is 20.0. The maximum Gasteiger partial charge on any atom is 0.136 e. The van der Waals surface area contributed by atoms with Crippen molar-refractivity contribution in [3.05, 3.63) is 209 Å². The highest BCUT2D eigenvalue weighted by atomic mass is 16.3. The van der Waals surface area contributed by atoms with Crippen molar-refractivity contribution >= 4 is 71.0 Å². The number of allylic oxidation sites excluding steroid dienone is 12. The summed E-state index contributed by atoms with van der Waals surface area (Å²) in [6.45, 7) is 4.87. The first-order valence-electron chi connectivity index (χ1n) is 20.1. The van der Waals surface area contributed by atoms with E-state index in [0.29, 0.717) is 5.92 Å². The Labute approximate surface area is 327 Å². The average molecular weight is 717 g/mol. The molecule has 0 amide bonds. The van der Waals surface area contributed by atoms with E-state index in [1.165, 1.54) is 93.2 Å². The third-order valence-corrected chi connectivity index (χ3v) is 13.5. The van der Waals surface area contributed by atoms with Crippen molar-refractivity contribution in [2.45, 2.75) is 31.6 Å². The Morgan fingerprint density at radius 1 is 0.518 bits per heavy atom. The Kier molecular flexibility index (Phi) is 6.70. The van der Waals surface area contributed by atoms with Crippen molar-refractivity contribution in [3.8, 4) is 0 Å². The third-order valence-electron chi connectivity index (χ3n) is 13.5. The Morgan fingerprint density at radius 3 is 1.88 bits per heavy atom. The van der Waals surface area contributed by atoms with Crippen LogP contribution in [0.1, 0.15) is 54.0 Å². The number of para-hydroxylation sites is 1. The topological polar surface area (TPSA) is 13.1 Å². The molecule has 8 aromatic rings. The van der Waals surface area contributed by atoms with E-state index in [0.717, 1.165) is 17.6 Å². The van der Waals surface area contributed by atoms with Gasteiger partial charge in [0.15, 0.2) is 0 Å². The predicted molar refractivity (Wildman–Crippen MR) is 237 cm³/mol. The monoisotopic (exact) mass is 716 g/mol. The highest BCUT2D eigenvalue weighted by Gasteiger charge is 2.44. The van der Waals surface area contributed by atoms with E-state index in [9.17, 15) is 0 Å². The lowest BCUT2D eigenvalue weighted by Crippen LogP contribution is -2.19. The molecule has 12 rings (SSSR count). The minimum Gasteiger partial charge on any atom is -0.456 e. The van der Waals surface area contributed by atoms with Crippen LogP contribution in [0.2, 0.25) is 0 Å². The summed E-state index contributed by atoms with van der Waals surface area (Å²) in [5, 5.41) is 10.3. The zero-order chi connectivity index (χ0) is 37.1. The summed E-state index contributed by atoms with van der Waals surface area (Å²) >= 11 is 0. The molecule has 3 atom stereocenters. The smallest absolute Gasteiger partial charge is 0.136 e. The molecule has 0 saturated carbocycles. The summed E-state index contributed by atoms with van der Waals surface area (Å²) in [7, 11) is 0. The highest BCUT2D eigenvalue weighted by molar-refractivity contribution is 6.17. The Hall–Kier alpha value is -6.44. The third kappa shape index (κ3) is 4.43. The van der Waals surface area contributed by atoms with Gasteiger partial charge in [-0.15, -0.1) is 0 Å². The van der Waals surface area contributed by atoms with Gasteiger partial charge in [0.1, 0.15) is 11.2 Å². The Balaban J connectivity index is 1.03. The summed E-state index contributed by atoms with van der Waals surface area (Å²) in [5.41, 5.74) is 14.5. The van der Waals surface area contributed by atoms with Crippen LogP contribution in [0.4, 0.5) is 0 Å². The molecule has 1 heteroatoms. The van der Waals surface area contributed by atoms with Gasteiger partial charge in [-0.2, -0.15) is 0 Å². The standard InChI is InChI=1S/C55H40O/c1-55(2)49-29-25-35(30-47(49)45-26-24-34-31-51-48(32-46(34)54(45)55)39-18-12-13-23-50(39)56-51)52-40-19-8-10-21-42(40)53(43-22-11-9-20-41(43)52)44-28-27-36(33-14-4-3-5-15-33)37-16-6-7-17-38(37)44/h3-29,31-32,37-38,47H,30H2,1-2H3. The Morgan fingerprint density at radius 2 is 1.14 bits per heavy atom. The minimum atomic E-state index is -0.0964. The zero-order valence-corrected chi connectivity index (χ0v) is 31.6. The van der Waals surface area contributed by atoms with Crippen LogP contribution in [0, 0.1) is 11.8 Å². The molecule has 7 aromatic carbocycles. The maximum absolute atomic E-state index is 6.32. The first-order chi connectivity index (χ1) is 27.5. The normalized spacial score (nSPS) is 20.9. The van der Waals surface area contributed by atoms with Crippen molar-refractivity contribution in [3.63, 3.8) is 0 Å². The first kappa shape index (κ1) is 31.9. The lowest BCUT2D eigenvalue weighted by molar-refractivity contribution is 0.618. The van der Waals surface area contributed by atoms with Crippen LogP contribution in [0.25, 0.3) is 71.0 Å². The van der Waals surface area contributed by atoms with Crippen LogP contribution in [-0.4, -0.2) is 0 Å². The molecule has 266 valence electrons. The average Bonchev–Trinajstić information content (AvgIpc) is 3.72. The molecule has 1 nitrogen and oxygen atoms in total. The lowest BCUT2D eigenvalue weighted by atomic mass is 9.69. The van der Waals surface area contributed by atoms with E-state index in [1.807, 2.05) is 0 Å². The maximum atomic E-state index is 6.32. The van der Waals surface area contributed by atoms with Gasteiger partial charge in [0, 0.05) is 33.9 Å². The minimum absolute atomic E-state index is 0.0964. The molecular weight excluding hydrogens is 677 g/mol. The van der Waals surface area contributed by atoms with Gasteiger partial charge in [0.05, 0.1) is 0 Å². The second kappa shape index (κ2) is 11.8. The molecule has 4 aliphatic carbocycles. The van der Waals surface area contributed by atoms with Crippen molar-refractivity contribution in [1.82, 2.24) is 0 Å². The molecule has 0 saturated heterocycles. The molecular formula is C55H40O. The molecule has 0 aliphatic heterocycles. The number of rotatable bonds is 3. The second-order valence-electron chi connectivity index (χ2n) is 16.7. The number of fused-ring (bicyclic) bond motifs is 11. The fraction of sp³-hybridized carbons (Fsp3) is 0.127. The molecule has 0 radical (unpaired) electrons. The summed E-state index contributed by atoms with van der Waals surface area (Å²) in [5.74, 6) is 0.862. The second-order valence-corrected chi connectivity index (χ2v) is 16.7. The number of furan rings is 1.